The SMILES string of the molecule is CC(C)(c1ccccc1)c1cccc(C(C)(C)C23C=CC=CC2C3)c1. The zero-order valence-corrected chi connectivity index (χ0v) is 15.8. The van der Waals surface area contributed by atoms with Gasteiger partial charge in [-0.15, -0.1) is 0 Å². The third-order valence-electron chi connectivity index (χ3n) is 6.87. The molecule has 2 unspecified atom stereocenters. The van der Waals surface area contributed by atoms with Gasteiger partial charge in [-0.3, -0.25) is 0 Å². The summed E-state index contributed by atoms with van der Waals surface area (Å²) in [6.07, 6.45) is 10.6. The first-order valence-corrected chi connectivity index (χ1v) is 9.40. The predicted molar refractivity (Wildman–Crippen MR) is 107 cm³/mol. The third kappa shape index (κ3) is 2.42. The highest BCUT2D eigenvalue weighted by molar-refractivity contribution is 5.45. The molecule has 2 aliphatic rings. The van der Waals surface area contributed by atoms with Crippen molar-refractivity contribution in [1.29, 1.82) is 0 Å². The average Bonchev–Trinajstić information content (AvgIpc) is 3.39. The highest BCUT2D eigenvalue weighted by Crippen LogP contribution is 2.66. The Bertz CT molecular complexity index is 835. The molecule has 0 spiro atoms. The van der Waals surface area contributed by atoms with Crippen molar-refractivity contribution in [2.45, 2.75) is 44.9 Å². The average molecular weight is 328 g/mol. The summed E-state index contributed by atoms with van der Waals surface area (Å²) in [7, 11) is 0. The molecule has 2 atom stereocenters. The predicted octanol–water partition coefficient (Wildman–Crippen LogP) is 6.42. The molecule has 0 aliphatic heterocycles. The minimum Gasteiger partial charge on any atom is -0.0805 e. The largest absolute Gasteiger partial charge is 0.0805 e. The first kappa shape index (κ1) is 16.4. The lowest BCUT2D eigenvalue weighted by atomic mass is 9.67. The van der Waals surface area contributed by atoms with E-state index in [1.807, 2.05) is 0 Å². The van der Waals surface area contributed by atoms with E-state index in [1.54, 1.807) is 0 Å². The second-order valence-corrected chi connectivity index (χ2v) is 8.79. The van der Waals surface area contributed by atoms with Crippen LogP contribution in [-0.4, -0.2) is 0 Å². The molecule has 0 N–H and O–H groups in total. The van der Waals surface area contributed by atoms with Crippen molar-refractivity contribution in [3.63, 3.8) is 0 Å². The van der Waals surface area contributed by atoms with Gasteiger partial charge in [0, 0.05) is 10.8 Å². The summed E-state index contributed by atoms with van der Waals surface area (Å²) in [6, 6.07) is 20.1. The number of rotatable bonds is 4. The van der Waals surface area contributed by atoms with Crippen molar-refractivity contribution in [3.8, 4) is 0 Å². The van der Waals surface area contributed by atoms with Crippen molar-refractivity contribution in [2.24, 2.45) is 11.3 Å². The van der Waals surface area contributed by atoms with E-state index in [-0.39, 0.29) is 10.8 Å². The van der Waals surface area contributed by atoms with Crippen molar-refractivity contribution in [3.05, 3.63) is 95.6 Å². The Kier molecular flexibility index (Phi) is 3.58. The van der Waals surface area contributed by atoms with Gasteiger partial charge < -0.3 is 0 Å². The summed E-state index contributed by atoms with van der Waals surface area (Å²) < 4.78 is 0. The van der Waals surface area contributed by atoms with Gasteiger partial charge in [-0.25, -0.2) is 0 Å². The van der Waals surface area contributed by atoms with Crippen LogP contribution < -0.4 is 0 Å². The number of hydrogen-bond donors (Lipinski definition) is 0. The quantitative estimate of drug-likeness (QED) is 0.607. The molecule has 128 valence electrons. The number of hydrogen-bond acceptors (Lipinski definition) is 0. The zero-order chi connectivity index (χ0) is 17.7. The van der Waals surface area contributed by atoms with Gasteiger partial charge in [0.1, 0.15) is 0 Å². The van der Waals surface area contributed by atoms with Crippen LogP contribution in [0, 0.1) is 11.3 Å². The fraction of sp³-hybridized carbons (Fsp3) is 0.360. The zero-order valence-electron chi connectivity index (χ0n) is 15.8. The Morgan fingerprint density at radius 1 is 0.800 bits per heavy atom. The summed E-state index contributed by atoms with van der Waals surface area (Å²) in [4.78, 5) is 0. The molecule has 2 aromatic rings. The molecule has 0 amide bonds. The molecular weight excluding hydrogens is 300 g/mol. The maximum atomic E-state index is 2.45. The van der Waals surface area contributed by atoms with Gasteiger partial charge in [0.2, 0.25) is 0 Å². The monoisotopic (exact) mass is 328 g/mol. The van der Waals surface area contributed by atoms with E-state index < -0.39 is 0 Å². The molecule has 25 heavy (non-hydrogen) atoms. The highest BCUT2D eigenvalue weighted by Gasteiger charge is 2.60. The molecule has 0 bridgehead atoms. The molecule has 1 fully saturated rings. The first-order valence-electron chi connectivity index (χ1n) is 9.40. The van der Waals surface area contributed by atoms with Crippen molar-refractivity contribution >= 4 is 0 Å². The number of fused-ring (bicyclic) bond motifs is 1. The Morgan fingerprint density at radius 3 is 2.20 bits per heavy atom. The summed E-state index contributed by atoms with van der Waals surface area (Å²) in [6.45, 7) is 9.50. The maximum Gasteiger partial charge on any atom is 0.0146 e. The van der Waals surface area contributed by atoms with E-state index in [0.29, 0.717) is 11.3 Å². The lowest BCUT2D eigenvalue weighted by molar-refractivity contribution is 0.342. The van der Waals surface area contributed by atoms with Gasteiger partial charge in [0.05, 0.1) is 0 Å². The topological polar surface area (TPSA) is 0 Å². The van der Waals surface area contributed by atoms with Gasteiger partial charge in [-0.2, -0.15) is 0 Å². The van der Waals surface area contributed by atoms with Gasteiger partial charge in [-0.05, 0) is 34.4 Å². The van der Waals surface area contributed by atoms with Gasteiger partial charge in [0.15, 0.2) is 0 Å². The molecule has 4 rings (SSSR count). The van der Waals surface area contributed by atoms with Crippen LogP contribution in [0.1, 0.15) is 50.8 Å². The smallest absolute Gasteiger partial charge is 0.0146 e. The lowest BCUT2D eigenvalue weighted by Crippen LogP contribution is -2.31. The van der Waals surface area contributed by atoms with Crippen LogP contribution in [0.15, 0.2) is 78.9 Å². The molecule has 0 heteroatoms. The highest BCUT2D eigenvalue weighted by atomic mass is 14.6. The van der Waals surface area contributed by atoms with Crippen LogP contribution in [0.25, 0.3) is 0 Å². The molecule has 0 aromatic heterocycles. The lowest BCUT2D eigenvalue weighted by Gasteiger charge is -2.36. The summed E-state index contributed by atoms with van der Waals surface area (Å²) in [5, 5.41) is 0. The molecule has 0 heterocycles. The fourth-order valence-electron chi connectivity index (χ4n) is 4.68. The fourth-order valence-corrected chi connectivity index (χ4v) is 4.68. The molecule has 0 saturated heterocycles. The maximum absolute atomic E-state index is 2.45. The minimum atomic E-state index is 0.0102. The minimum absolute atomic E-state index is 0.0102. The molecule has 0 nitrogen and oxygen atoms in total. The van der Waals surface area contributed by atoms with Gasteiger partial charge in [0.25, 0.3) is 0 Å². The molecule has 0 radical (unpaired) electrons. The van der Waals surface area contributed by atoms with E-state index in [0.717, 1.165) is 0 Å². The molecule has 2 aromatic carbocycles. The van der Waals surface area contributed by atoms with Crippen molar-refractivity contribution in [2.75, 3.05) is 0 Å². The standard InChI is InChI=1S/C25H28/c1-23(2,19-11-6-5-7-12-19)20-14-10-15-21(17-20)24(3,4)25-16-9-8-13-22(25)18-25/h5-17,22H,18H2,1-4H3. The van der Waals surface area contributed by atoms with Gasteiger partial charge in [-0.1, -0.05) is 107 Å². The third-order valence-corrected chi connectivity index (χ3v) is 6.87. The molecule has 1 saturated carbocycles. The van der Waals surface area contributed by atoms with Crippen molar-refractivity contribution < 1.29 is 0 Å². The second-order valence-electron chi connectivity index (χ2n) is 8.79. The van der Waals surface area contributed by atoms with E-state index in [2.05, 4.69) is 107 Å². The molecular formula is C25H28. The van der Waals surface area contributed by atoms with Crippen LogP contribution in [0.4, 0.5) is 0 Å². The Morgan fingerprint density at radius 2 is 1.48 bits per heavy atom. The van der Waals surface area contributed by atoms with Crippen LogP contribution in [0.5, 0.6) is 0 Å². The van der Waals surface area contributed by atoms with Gasteiger partial charge >= 0.3 is 0 Å². The van der Waals surface area contributed by atoms with Crippen LogP contribution in [0.3, 0.4) is 0 Å². The van der Waals surface area contributed by atoms with Crippen LogP contribution in [-0.2, 0) is 10.8 Å². The Labute approximate surface area is 152 Å². The van der Waals surface area contributed by atoms with Crippen molar-refractivity contribution in [1.82, 2.24) is 0 Å². The Hall–Kier alpha value is -2.08. The van der Waals surface area contributed by atoms with E-state index in [9.17, 15) is 0 Å². The van der Waals surface area contributed by atoms with Crippen LogP contribution >= 0.6 is 0 Å². The van der Waals surface area contributed by atoms with Crippen LogP contribution in [0.2, 0.25) is 0 Å². The van der Waals surface area contributed by atoms with E-state index >= 15 is 0 Å². The first-order chi connectivity index (χ1) is 11.9. The Balaban J connectivity index is 1.73. The van der Waals surface area contributed by atoms with E-state index in [4.69, 9.17) is 0 Å². The summed E-state index contributed by atoms with van der Waals surface area (Å²) >= 11 is 0. The summed E-state index contributed by atoms with van der Waals surface area (Å²) in [5.41, 5.74) is 4.67. The second kappa shape index (κ2) is 5.46. The normalized spacial score (nSPS) is 24.9. The number of benzene rings is 2. The summed E-state index contributed by atoms with van der Waals surface area (Å²) in [5.74, 6) is 0.707. The number of allylic oxidation sites excluding steroid dienone is 4. The molecule has 2 aliphatic carbocycles. The van der Waals surface area contributed by atoms with E-state index in [1.165, 1.54) is 23.1 Å².